The molecule has 19 heteroatoms. The first-order chi connectivity index (χ1) is 24.3. The van der Waals surface area contributed by atoms with Crippen molar-refractivity contribution < 1.29 is 68.2 Å². The first-order valence-electron chi connectivity index (χ1n) is 16.4. The van der Waals surface area contributed by atoms with Crippen LogP contribution in [0.1, 0.15) is 45.1 Å². The second-order valence-electron chi connectivity index (χ2n) is 13.9. The summed E-state index contributed by atoms with van der Waals surface area (Å²) in [7, 11) is 0. The van der Waals surface area contributed by atoms with Crippen LogP contribution in [0, 0.1) is 42.9 Å². The number of rotatable bonds is 13. The SMILES string of the molecule is C[C@]12C=CC(=O)C=C1CC[C@H]1[C@@H]3C[C@@H](O)[C@](O)(C(=O)COC(=O)CNC(=O)Oc4cccc(CC(CO[N+](=O)[O-])O[N+](=O)[O-])c4)[C@@]3(C)C[C@H](O)[C@@]12F. The summed E-state index contributed by atoms with van der Waals surface area (Å²) in [6, 6.07) is 5.51. The molecule has 1 aromatic carbocycles. The summed E-state index contributed by atoms with van der Waals surface area (Å²) < 4.78 is 27.4. The predicted octanol–water partition coefficient (Wildman–Crippen LogP) is 1.29. The Hall–Kier alpha value is -5.01. The molecule has 3 fully saturated rings. The van der Waals surface area contributed by atoms with E-state index in [9.17, 15) is 54.7 Å². The van der Waals surface area contributed by atoms with Gasteiger partial charge in [-0.05, 0) is 68.4 Å². The van der Waals surface area contributed by atoms with E-state index in [1.165, 1.54) is 49.4 Å². The normalized spacial score (nSPS) is 33.7. The first kappa shape index (κ1) is 38.2. The molecule has 3 saturated carbocycles. The fourth-order valence-electron chi connectivity index (χ4n) is 8.71. The molecular formula is C33H38FN3O15. The van der Waals surface area contributed by atoms with Gasteiger partial charge >= 0.3 is 12.1 Å². The molecule has 0 saturated heterocycles. The molecule has 1 aromatic rings. The number of carbonyl (C=O) groups excluding carboxylic acids is 4. The Kier molecular flexibility index (Phi) is 10.4. The fraction of sp³-hybridized carbons (Fsp3) is 0.576. The summed E-state index contributed by atoms with van der Waals surface area (Å²) in [5.41, 5.74) is -6.77. The topological polar surface area (TPSA) is 264 Å². The third-order valence-electron chi connectivity index (χ3n) is 11.2. The Morgan fingerprint density at radius 1 is 1.12 bits per heavy atom. The number of halogens is 1. The number of alkyl halides is 1. The van der Waals surface area contributed by atoms with Crippen LogP contribution < -0.4 is 10.1 Å². The van der Waals surface area contributed by atoms with E-state index in [1.54, 1.807) is 6.92 Å². The number of ether oxygens (including phenoxy) is 2. The van der Waals surface area contributed by atoms with Crippen LogP contribution in [0.4, 0.5) is 9.18 Å². The molecule has 18 nitrogen and oxygen atoms in total. The van der Waals surface area contributed by atoms with Crippen molar-refractivity contribution in [2.75, 3.05) is 19.8 Å². The lowest BCUT2D eigenvalue weighted by molar-refractivity contribution is -0.789. The summed E-state index contributed by atoms with van der Waals surface area (Å²) in [6.45, 7) is 0.543. The molecule has 1 unspecified atom stereocenters. The van der Waals surface area contributed by atoms with Crippen LogP contribution in [-0.4, -0.2) is 98.5 Å². The van der Waals surface area contributed by atoms with Crippen LogP contribution in [0.3, 0.4) is 0 Å². The van der Waals surface area contributed by atoms with Crippen molar-refractivity contribution in [1.29, 1.82) is 0 Å². The largest absolute Gasteiger partial charge is 0.456 e. The van der Waals surface area contributed by atoms with Gasteiger partial charge < -0.3 is 39.8 Å². The molecule has 4 aliphatic rings. The van der Waals surface area contributed by atoms with Crippen molar-refractivity contribution in [2.24, 2.45) is 22.7 Å². The molecule has 282 valence electrons. The molecule has 0 heterocycles. The van der Waals surface area contributed by atoms with Crippen LogP contribution in [-0.2, 0) is 35.2 Å². The number of esters is 1. The van der Waals surface area contributed by atoms with Gasteiger partial charge in [-0.25, -0.2) is 9.18 Å². The summed E-state index contributed by atoms with van der Waals surface area (Å²) >= 11 is 0. The number of nitrogens with one attached hydrogen (secondary N) is 1. The average molecular weight is 736 g/mol. The number of allylic oxidation sites excluding steroid dienone is 4. The van der Waals surface area contributed by atoms with Crippen LogP contribution in [0.25, 0.3) is 0 Å². The molecule has 0 spiro atoms. The summed E-state index contributed by atoms with van der Waals surface area (Å²) in [6.07, 6.45) is -2.05. The number of amides is 1. The standard InChI is InChI=1S/C33H38FN3O15/c1-30-9-8-20(38)12-19(30)6-7-23-24-13-25(39)33(44,31(24,2)14-26(40)32(23,30)34)27(41)17-49-28(42)15-35-29(43)51-21-5-3-4-18(10-21)11-22(52-37(47)48)16-50-36(45)46/h3-5,8-10,12,22-26,39-40,44H,6-7,11,13-17H2,1-2H3,(H,35,43)/t22?,23-,24-,25+,26-,30-,31-,32-,33-/m0/s1. The van der Waals surface area contributed by atoms with Crippen molar-refractivity contribution in [3.63, 3.8) is 0 Å². The van der Waals surface area contributed by atoms with Gasteiger partial charge in [0.25, 0.3) is 10.2 Å². The minimum absolute atomic E-state index is 0.0759. The molecule has 9 atom stereocenters. The second-order valence-corrected chi connectivity index (χ2v) is 13.9. The van der Waals surface area contributed by atoms with Gasteiger partial charge in [0.15, 0.2) is 23.7 Å². The number of hydrogen-bond donors (Lipinski definition) is 4. The van der Waals surface area contributed by atoms with E-state index in [0.29, 0.717) is 17.6 Å². The number of aliphatic hydroxyl groups is 3. The van der Waals surface area contributed by atoms with Crippen molar-refractivity contribution in [2.45, 2.75) is 75.5 Å². The zero-order valence-corrected chi connectivity index (χ0v) is 28.1. The van der Waals surface area contributed by atoms with E-state index in [1.807, 2.05) is 0 Å². The van der Waals surface area contributed by atoms with Gasteiger partial charge in [0.05, 0.1) is 12.2 Å². The lowest BCUT2D eigenvalue weighted by Gasteiger charge is -2.62. The number of aliphatic hydroxyl groups excluding tert-OH is 2. The lowest BCUT2D eigenvalue weighted by Crippen LogP contribution is -2.69. The van der Waals surface area contributed by atoms with Crippen molar-refractivity contribution in [3.8, 4) is 5.75 Å². The monoisotopic (exact) mass is 735 g/mol. The van der Waals surface area contributed by atoms with Crippen LogP contribution in [0.5, 0.6) is 5.75 Å². The maximum absolute atomic E-state index is 17.3. The number of benzene rings is 1. The van der Waals surface area contributed by atoms with E-state index in [4.69, 9.17) is 9.47 Å². The molecule has 1 amide bonds. The van der Waals surface area contributed by atoms with E-state index in [2.05, 4.69) is 15.0 Å². The Balaban J connectivity index is 1.17. The highest BCUT2D eigenvalue weighted by atomic mass is 19.1. The highest BCUT2D eigenvalue weighted by Gasteiger charge is 2.76. The zero-order valence-electron chi connectivity index (χ0n) is 28.1. The smallest absolute Gasteiger partial charge is 0.413 e. The quantitative estimate of drug-likeness (QED) is 0.126. The maximum Gasteiger partial charge on any atom is 0.413 e. The van der Waals surface area contributed by atoms with Gasteiger partial charge in [-0.15, -0.1) is 20.2 Å². The highest BCUT2D eigenvalue weighted by molar-refractivity contribution is 6.01. The molecule has 4 aliphatic carbocycles. The number of carbonyl (C=O) groups is 4. The molecule has 0 aromatic heterocycles. The van der Waals surface area contributed by atoms with Gasteiger partial charge in [-0.2, -0.15) is 0 Å². The van der Waals surface area contributed by atoms with Gasteiger partial charge in [0, 0.05) is 23.2 Å². The Bertz CT molecular complexity index is 1720. The maximum atomic E-state index is 17.3. The Labute approximate surface area is 294 Å². The van der Waals surface area contributed by atoms with Crippen molar-refractivity contribution in [3.05, 3.63) is 73.9 Å². The Morgan fingerprint density at radius 2 is 1.85 bits per heavy atom. The molecule has 52 heavy (non-hydrogen) atoms. The number of nitrogens with zero attached hydrogens (tertiary/aromatic N) is 2. The average Bonchev–Trinajstić information content (AvgIpc) is 3.27. The molecule has 5 rings (SSSR count). The first-order valence-corrected chi connectivity index (χ1v) is 16.4. The third-order valence-corrected chi connectivity index (χ3v) is 11.2. The van der Waals surface area contributed by atoms with Gasteiger partial charge in [-0.1, -0.05) is 30.7 Å². The van der Waals surface area contributed by atoms with E-state index >= 15 is 4.39 Å². The lowest BCUT2D eigenvalue weighted by atomic mass is 9.44. The zero-order chi connectivity index (χ0) is 38.2. The minimum atomic E-state index is -2.52. The van der Waals surface area contributed by atoms with Crippen molar-refractivity contribution >= 4 is 23.6 Å². The molecule has 0 aliphatic heterocycles. The number of ketones is 2. The summed E-state index contributed by atoms with van der Waals surface area (Å²) in [5.74, 6) is -4.22. The molecule has 0 radical (unpaired) electrons. The van der Waals surface area contributed by atoms with Crippen LogP contribution in [0.2, 0.25) is 0 Å². The second kappa shape index (κ2) is 14.2. The molecular weight excluding hydrogens is 697 g/mol. The highest BCUT2D eigenvalue weighted by Crippen LogP contribution is 2.69. The number of fused-ring (bicyclic) bond motifs is 5. The minimum Gasteiger partial charge on any atom is -0.456 e. The molecule has 0 bridgehead atoms. The van der Waals surface area contributed by atoms with Gasteiger partial charge in [0.1, 0.15) is 25.0 Å². The van der Waals surface area contributed by atoms with Crippen molar-refractivity contribution in [1.82, 2.24) is 5.32 Å². The van der Waals surface area contributed by atoms with Gasteiger partial charge in [0.2, 0.25) is 5.78 Å². The summed E-state index contributed by atoms with van der Waals surface area (Å²) in [5, 5.41) is 55.3. The fourth-order valence-corrected chi connectivity index (χ4v) is 8.71. The third kappa shape index (κ3) is 6.70. The van der Waals surface area contributed by atoms with Crippen LogP contribution in [0.15, 0.2) is 48.1 Å². The number of hydrogen-bond acceptors (Lipinski definition) is 15. The van der Waals surface area contributed by atoms with E-state index in [-0.39, 0.29) is 30.8 Å². The molecule has 4 N–H and O–H groups in total. The van der Waals surface area contributed by atoms with Crippen LogP contribution >= 0.6 is 0 Å². The van der Waals surface area contributed by atoms with E-state index < -0.39 is 106 Å². The Morgan fingerprint density at radius 3 is 2.54 bits per heavy atom. The van der Waals surface area contributed by atoms with Gasteiger partial charge in [-0.3, -0.25) is 14.4 Å². The van der Waals surface area contributed by atoms with E-state index in [0.717, 1.165) is 0 Å². The number of Topliss-reactive ketones (excluding diaryl/α,β-unsaturated/α-hetero) is 1. The predicted molar refractivity (Wildman–Crippen MR) is 170 cm³/mol. The summed E-state index contributed by atoms with van der Waals surface area (Å²) in [4.78, 5) is 80.1.